The standard InChI is InChI=1S/C15H19NO4/c1-10(2)9-12(15(19)20-3)16-14(18)13(17)11-7-5-4-6-8-11/h4-8,10,12H,9H2,1-3H3,(H,16,18)/t12-/m0/s1. The van der Waals surface area contributed by atoms with Gasteiger partial charge in [-0.2, -0.15) is 0 Å². The number of benzene rings is 1. The zero-order valence-electron chi connectivity index (χ0n) is 11.9. The molecule has 0 aromatic heterocycles. The van der Waals surface area contributed by atoms with E-state index in [0.29, 0.717) is 6.42 Å². The number of carbonyl (C=O) groups is 3. The fourth-order valence-electron chi connectivity index (χ4n) is 1.77. The number of nitrogens with one attached hydrogen (secondary N) is 1. The van der Waals surface area contributed by atoms with Crippen molar-refractivity contribution in [1.29, 1.82) is 0 Å². The second-order valence-corrected chi connectivity index (χ2v) is 4.87. The van der Waals surface area contributed by atoms with Gasteiger partial charge in [-0.1, -0.05) is 44.2 Å². The number of ketones is 1. The summed E-state index contributed by atoms with van der Waals surface area (Å²) in [5.41, 5.74) is 0.290. The lowest BCUT2D eigenvalue weighted by Crippen LogP contribution is -2.45. The van der Waals surface area contributed by atoms with Crippen molar-refractivity contribution in [3.8, 4) is 0 Å². The molecule has 1 aromatic carbocycles. The van der Waals surface area contributed by atoms with Crippen LogP contribution in [0.2, 0.25) is 0 Å². The number of carbonyl (C=O) groups excluding carboxylic acids is 3. The molecule has 5 nitrogen and oxygen atoms in total. The van der Waals surface area contributed by atoms with Crippen LogP contribution in [0.5, 0.6) is 0 Å². The number of amides is 1. The van der Waals surface area contributed by atoms with Crippen molar-refractivity contribution in [2.75, 3.05) is 7.11 Å². The summed E-state index contributed by atoms with van der Waals surface area (Å²) in [7, 11) is 1.25. The molecule has 108 valence electrons. The Morgan fingerprint density at radius 1 is 1.15 bits per heavy atom. The Labute approximate surface area is 118 Å². The molecule has 0 radical (unpaired) electrons. The third kappa shape index (κ3) is 4.50. The average Bonchev–Trinajstić information content (AvgIpc) is 2.45. The highest BCUT2D eigenvalue weighted by Gasteiger charge is 2.26. The van der Waals surface area contributed by atoms with Gasteiger partial charge in [-0.25, -0.2) is 4.79 Å². The van der Waals surface area contributed by atoms with Gasteiger partial charge < -0.3 is 10.1 Å². The van der Waals surface area contributed by atoms with Crippen molar-refractivity contribution in [3.63, 3.8) is 0 Å². The maximum Gasteiger partial charge on any atom is 0.328 e. The molecule has 0 aliphatic heterocycles. The van der Waals surface area contributed by atoms with E-state index in [-0.39, 0.29) is 11.5 Å². The SMILES string of the molecule is COC(=O)[C@H](CC(C)C)NC(=O)C(=O)c1ccccc1. The van der Waals surface area contributed by atoms with Gasteiger partial charge in [0.05, 0.1) is 7.11 Å². The van der Waals surface area contributed by atoms with Gasteiger partial charge >= 0.3 is 5.97 Å². The molecule has 5 heteroatoms. The molecule has 1 rings (SSSR count). The van der Waals surface area contributed by atoms with Crippen LogP contribution in [0.15, 0.2) is 30.3 Å². The van der Waals surface area contributed by atoms with E-state index >= 15 is 0 Å². The smallest absolute Gasteiger partial charge is 0.328 e. The molecule has 1 atom stereocenters. The van der Waals surface area contributed by atoms with Crippen molar-refractivity contribution in [3.05, 3.63) is 35.9 Å². The summed E-state index contributed by atoms with van der Waals surface area (Å²) in [6.45, 7) is 3.84. The minimum atomic E-state index is -0.805. The Bertz CT molecular complexity index is 482. The number of hydrogen-bond acceptors (Lipinski definition) is 4. The first-order valence-corrected chi connectivity index (χ1v) is 6.43. The molecule has 0 aliphatic carbocycles. The molecule has 0 fully saturated rings. The van der Waals surface area contributed by atoms with E-state index in [1.807, 2.05) is 13.8 Å². The van der Waals surface area contributed by atoms with Crippen molar-refractivity contribution < 1.29 is 19.1 Å². The van der Waals surface area contributed by atoms with E-state index in [4.69, 9.17) is 0 Å². The first-order valence-electron chi connectivity index (χ1n) is 6.43. The van der Waals surface area contributed by atoms with Gasteiger partial charge in [0.25, 0.3) is 5.91 Å². The number of ether oxygens (including phenoxy) is 1. The number of methoxy groups -OCH3 is 1. The first kappa shape index (κ1) is 15.9. The molecule has 0 aliphatic rings. The van der Waals surface area contributed by atoms with E-state index in [1.54, 1.807) is 30.3 Å². The van der Waals surface area contributed by atoms with Gasteiger partial charge in [0.2, 0.25) is 5.78 Å². The molecule has 0 unspecified atom stereocenters. The van der Waals surface area contributed by atoms with Gasteiger partial charge in [0.15, 0.2) is 0 Å². The summed E-state index contributed by atoms with van der Waals surface area (Å²) >= 11 is 0. The van der Waals surface area contributed by atoms with Crippen LogP contribution in [-0.2, 0) is 14.3 Å². The summed E-state index contributed by atoms with van der Waals surface area (Å²) < 4.78 is 4.63. The van der Waals surface area contributed by atoms with Crippen molar-refractivity contribution >= 4 is 17.7 Å². The summed E-state index contributed by atoms with van der Waals surface area (Å²) in [4.78, 5) is 35.4. The molecule has 0 heterocycles. The van der Waals surface area contributed by atoms with Crippen LogP contribution in [0, 0.1) is 5.92 Å². The molecule has 0 spiro atoms. The lowest BCUT2D eigenvalue weighted by molar-refractivity contribution is -0.145. The molecule has 0 bridgehead atoms. The van der Waals surface area contributed by atoms with Gasteiger partial charge in [-0.05, 0) is 12.3 Å². The predicted molar refractivity (Wildman–Crippen MR) is 74.2 cm³/mol. The lowest BCUT2D eigenvalue weighted by Gasteiger charge is -2.17. The van der Waals surface area contributed by atoms with E-state index in [2.05, 4.69) is 10.1 Å². The van der Waals surface area contributed by atoms with Crippen LogP contribution in [0.1, 0.15) is 30.6 Å². The Kier molecular flexibility index (Phi) is 5.90. The van der Waals surface area contributed by atoms with Crippen LogP contribution in [0.3, 0.4) is 0 Å². The summed E-state index contributed by atoms with van der Waals surface area (Å²) in [6.07, 6.45) is 0.417. The highest BCUT2D eigenvalue weighted by atomic mass is 16.5. The first-order chi connectivity index (χ1) is 9.45. The monoisotopic (exact) mass is 277 g/mol. The zero-order chi connectivity index (χ0) is 15.1. The maximum atomic E-state index is 11.9. The van der Waals surface area contributed by atoms with Crippen LogP contribution < -0.4 is 5.32 Å². The van der Waals surface area contributed by atoms with E-state index < -0.39 is 23.7 Å². The topological polar surface area (TPSA) is 72.5 Å². The molecule has 0 saturated carbocycles. The summed E-state index contributed by atoms with van der Waals surface area (Å²) in [5.74, 6) is -1.82. The van der Waals surface area contributed by atoms with Crippen molar-refractivity contribution in [1.82, 2.24) is 5.32 Å². The third-order valence-corrected chi connectivity index (χ3v) is 2.74. The molecular formula is C15H19NO4. The third-order valence-electron chi connectivity index (χ3n) is 2.74. The molecule has 0 saturated heterocycles. The second kappa shape index (κ2) is 7.43. The quantitative estimate of drug-likeness (QED) is 0.487. The number of esters is 1. The summed E-state index contributed by atoms with van der Waals surface area (Å²) in [5, 5.41) is 2.43. The number of hydrogen-bond donors (Lipinski definition) is 1. The molecule has 20 heavy (non-hydrogen) atoms. The molecule has 1 aromatic rings. The Morgan fingerprint density at radius 2 is 1.75 bits per heavy atom. The zero-order valence-corrected chi connectivity index (χ0v) is 11.9. The van der Waals surface area contributed by atoms with Crippen LogP contribution in [-0.4, -0.2) is 30.8 Å². The lowest BCUT2D eigenvalue weighted by atomic mass is 10.0. The Balaban J connectivity index is 2.75. The highest BCUT2D eigenvalue weighted by Crippen LogP contribution is 2.07. The molecular weight excluding hydrogens is 258 g/mol. The van der Waals surface area contributed by atoms with Crippen LogP contribution >= 0.6 is 0 Å². The number of Topliss-reactive ketones (excluding diaryl/α,β-unsaturated/α-hetero) is 1. The van der Waals surface area contributed by atoms with Crippen molar-refractivity contribution in [2.24, 2.45) is 5.92 Å². The van der Waals surface area contributed by atoms with Crippen LogP contribution in [0.25, 0.3) is 0 Å². The normalized spacial score (nSPS) is 11.8. The largest absolute Gasteiger partial charge is 0.467 e. The minimum absolute atomic E-state index is 0.186. The number of rotatable bonds is 6. The summed E-state index contributed by atoms with van der Waals surface area (Å²) in [6, 6.07) is 7.40. The van der Waals surface area contributed by atoms with Gasteiger partial charge in [-0.15, -0.1) is 0 Å². The van der Waals surface area contributed by atoms with E-state index in [1.165, 1.54) is 7.11 Å². The fourth-order valence-corrected chi connectivity index (χ4v) is 1.77. The minimum Gasteiger partial charge on any atom is -0.467 e. The van der Waals surface area contributed by atoms with Gasteiger partial charge in [0.1, 0.15) is 6.04 Å². The highest BCUT2D eigenvalue weighted by molar-refractivity contribution is 6.43. The van der Waals surface area contributed by atoms with Crippen LogP contribution in [0.4, 0.5) is 0 Å². The Morgan fingerprint density at radius 3 is 2.25 bits per heavy atom. The van der Waals surface area contributed by atoms with Crippen molar-refractivity contribution in [2.45, 2.75) is 26.3 Å². The predicted octanol–water partition coefficient (Wildman–Crippen LogP) is 1.57. The second-order valence-electron chi connectivity index (χ2n) is 4.87. The van der Waals surface area contributed by atoms with E-state index in [0.717, 1.165) is 0 Å². The van der Waals surface area contributed by atoms with Gasteiger partial charge in [-0.3, -0.25) is 9.59 Å². The molecule has 1 N–H and O–H groups in total. The molecule has 1 amide bonds. The average molecular weight is 277 g/mol. The van der Waals surface area contributed by atoms with E-state index in [9.17, 15) is 14.4 Å². The fraction of sp³-hybridized carbons (Fsp3) is 0.400. The maximum absolute atomic E-state index is 11.9. The van der Waals surface area contributed by atoms with Gasteiger partial charge in [0, 0.05) is 5.56 Å². The Hall–Kier alpha value is -2.17.